The topological polar surface area (TPSA) is 3.24 Å². The summed E-state index contributed by atoms with van der Waals surface area (Å²) < 4.78 is 39.3. The Balaban J connectivity index is 2.07. The van der Waals surface area contributed by atoms with Gasteiger partial charge < -0.3 is 4.90 Å². The van der Waals surface area contributed by atoms with Gasteiger partial charge in [-0.3, -0.25) is 0 Å². The van der Waals surface area contributed by atoms with E-state index in [0.29, 0.717) is 0 Å². The Hall–Kier alpha value is -1.72. The largest absolute Gasteiger partial charge is 0.416 e. The fourth-order valence-corrected chi connectivity index (χ4v) is 3.93. The molecule has 126 valence electrons. The first kappa shape index (κ1) is 17.1. The summed E-state index contributed by atoms with van der Waals surface area (Å²) >= 11 is 1.53. The van der Waals surface area contributed by atoms with Crippen molar-refractivity contribution >= 4 is 11.8 Å². The molecule has 0 saturated carbocycles. The molecule has 0 fully saturated rings. The third-order valence-corrected chi connectivity index (χ3v) is 5.13. The summed E-state index contributed by atoms with van der Waals surface area (Å²) in [5.41, 5.74) is 1.19. The van der Waals surface area contributed by atoms with Gasteiger partial charge in [-0.1, -0.05) is 42.1 Å². The fourth-order valence-electron chi connectivity index (χ4n) is 2.79. The van der Waals surface area contributed by atoms with Crippen LogP contribution >= 0.6 is 11.8 Å². The maximum absolute atomic E-state index is 13.1. The highest BCUT2D eigenvalue weighted by Crippen LogP contribution is 2.47. The minimum atomic E-state index is -4.32. The number of alkyl halides is 3. The number of hydrogen-bond acceptors (Lipinski definition) is 2. The van der Waals surface area contributed by atoms with Crippen molar-refractivity contribution in [3.05, 3.63) is 71.3 Å². The Labute approximate surface area is 144 Å². The van der Waals surface area contributed by atoms with Gasteiger partial charge in [0, 0.05) is 22.3 Å². The lowest BCUT2D eigenvalue weighted by Crippen LogP contribution is -2.13. The average Bonchev–Trinajstić information content (AvgIpc) is 2.52. The van der Waals surface area contributed by atoms with Crippen LogP contribution in [0, 0.1) is 0 Å². The van der Waals surface area contributed by atoms with E-state index in [1.807, 2.05) is 55.4 Å². The van der Waals surface area contributed by atoms with E-state index in [9.17, 15) is 13.2 Å². The van der Waals surface area contributed by atoms with Gasteiger partial charge in [0.2, 0.25) is 0 Å². The summed E-state index contributed by atoms with van der Waals surface area (Å²) in [4.78, 5) is 4.01. The molecule has 1 unspecified atom stereocenters. The highest BCUT2D eigenvalue weighted by atomic mass is 32.2. The summed E-state index contributed by atoms with van der Waals surface area (Å²) in [6, 6.07) is 12.0. The number of hydrogen-bond donors (Lipinski definition) is 0. The van der Waals surface area contributed by atoms with Crippen LogP contribution in [0.1, 0.15) is 22.6 Å². The molecule has 5 heteroatoms. The highest BCUT2D eigenvalue weighted by Gasteiger charge is 2.33. The first-order valence-electron chi connectivity index (χ1n) is 7.65. The van der Waals surface area contributed by atoms with Crippen LogP contribution in [0.5, 0.6) is 0 Å². The maximum atomic E-state index is 13.1. The summed E-state index contributed by atoms with van der Waals surface area (Å²) in [6.45, 7) is 0.750. The van der Waals surface area contributed by atoms with Gasteiger partial charge in [0.05, 0.1) is 5.56 Å². The Kier molecular flexibility index (Phi) is 4.74. The zero-order chi connectivity index (χ0) is 17.3. The molecule has 1 nitrogen and oxygen atoms in total. The number of halogens is 3. The molecule has 1 aliphatic heterocycles. The lowest BCUT2D eigenvalue weighted by Gasteiger charge is -2.27. The van der Waals surface area contributed by atoms with Gasteiger partial charge in [-0.2, -0.15) is 13.2 Å². The van der Waals surface area contributed by atoms with Crippen molar-refractivity contribution in [3.63, 3.8) is 0 Å². The third kappa shape index (κ3) is 3.52. The quantitative estimate of drug-likeness (QED) is 0.681. The van der Waals surface area contributed by atoms with Gasteiger partial charge >= 0.3 is 6.18 Å². The SMILES string of the molecule is CN(C)CC=CC1c2ccccc2Sc2ccc(C(F)(F)F)cc21. The molecular formula is C19H18F3NS. The lowest BCUT2D eigenvalue weighted by atomic mass is 9.89. The smallest absolute Gasteiger partial charge is 0.306 e. The van der Waals surface area contributed by atoms with Crippen molar-refractivity contribution in [1.29, 1.82) is 0 Å². The Bertz CT molecular complexity index is 765. The van der Waals surface area contributed by atoms with Gasteiger partial charge in [0.1, 0.15) is 0 Å². The summed E-state index contributed by atoms with van der Waals surface area (Å²) in [6.07, 6.45) is -0.298. The van der Waals surface area contributed by atoms with Crippen LogP contribution in [0.25, 0.3) is 0 Å². The van der Waals surface area contributed by atoms with E-state index in [-0.39, 0.29) is 5.92 Å². The van der Waals surface area contributed by atoms with Crippen LogP contribution < -0.4 is 0 Å². The Morgan fingerprint density at radius 1 is 1.04 bits per heavy atom. The van der Waals surface area contributed by atoms with Crippen molar-refractivity contribution in [2.45, 2.75) is 21.9 Å². The van der Waals surface area contributed by atoms with Crippen LogP contribution in [0.2, 0.25) is 0 Å². The zero-order valence-corrected chi connectivity index (χ0v) is 14.3. The molecule has 0 aliphatic carbocycles. The second kappa shape index (κ2) is 6.65. The normalized spacial score (nSPS) is 17.2. The average molecular weight is 349 g/mol. The van der Waals surface area contributed by atoms with E-state index in [4.69, 9.17) is 0 Å². The molecule has 0 saturated heterocycles. The number of nitrogens with zero attached hydrogens (tertiary/aromatic N) is 1. The molecule has 2 aromatic carbocycles. The lowest BCUT2D eigenvalue weighted by molar-refractivity contribution is -0.137. The predicted molar refractivity (Wildman–Crippen MR) is 91.5 cm³/mol. The van der Waals surface area contributed by atoms with Crippen LogP contribution in [0.4, 0.5) is 13.2 Å². The molecule has 0 spiro atoms. The van der Waals surface area contributed by atoms with Crippen LogP contribution in [0.3, 0.4) is 0 Å². The summed E-state index contributed by atoms with van der Waals surface area (Å²) in [5.74, 6) is -0.153. The van der Waals surface area contributed by atoms with E-state index in [1.54, 1.807) is 6.07 Å². The van der Waals surface area contributed by atoms with Crippen LogP contribution in [0.15, 0.2) is 64.4 Å². The first-order valence-corrected chi connectivity index (χ1v) is 8.47. The Morgan fingerprint density at radius 3 is 2.46 bits per heavy atom. The van der Waals surface area contributed by atoms with E-state index >= 15 is 0 Å². The molecule has 0 N–H and O–H groups in total. The minimum Gasteiger partial charge on any atom is -0.306 e. The third-order valence-electron chi connectivity index (χ3n) is 3.95. The second-order valence-electron chi connectivity index (χ2n) is 6.06. The number of allylic oxidation sites excluding steroid dienone is 1. The van der Waals surface area contributed by atoms with E-state index in [0.717, 1.165) is 27.5 Å². The molecule has 0 bridgehead atoms. The molecule has 1 heterocycles. The molecule has 24 heavy (non-hydrogen) atoms. The number of benzene rings is 2. The van der Waals surface area contributed by atoms with E-state index in [2.05, 4.69) is 0 Å². The van der Waals surface area contributed by atoms with Crippen molar-refractivity contribution in [2.24, 2.45) is 0 Å². The monoisotopic (exact) mass is 349 g/mol. The fraction of sp³-hybridized carbons (Fsp3) is 0.263. The van der Waals surface area contributed by atoms with Crippen molar-refractivity contribution in [2.75, 3.05) is 20.6 Å². The van der Waals surface area contributed by atoms with E-state index < -0.39 is 11.7 Å². The van der Waals surface area contributed by atoms with Crippen molar-refractivity contribution in [3.8, 4) is 0 Å². The number of likely N-dealkylation sites (N-methyl/N-ethyl adjacent to an activating group) is 1. The first-order chi connectivity index (χ1) is 11.4. The summed E-state index contributed by atoms with van der Waals surface area (Å²) in [5, 5.41) is 0. The molecular weight excluding hydrogens is 331 g/mol. The molecule has 1 atom stereocenters. The zero-order valence-electron chi connectivity index (χ0n) is 13.5. The van der Waals surface area contributed by atoms with Gasteiger partial charge in [0.15, 0.2) is 0 Å². The second-order valence-corrected chi connectivity index (χ2v) is 7.14. The predicted octanol–water partition coefficient (Wildman–Crippen LogP) is 5.42. The van der Waals surface area contributed by atoms with Crippen molar-refractivity contribution < 1.29 is 13.2 Å². The standard InChI is InChI=1S/C19H18F3NS/c1-23(2)11-5-7-14-15-6-3-4-8-17(15)24-18-10-9-13(12-16(14)18)19(20,21)22/h3-10,12,14H,11H2,1-2H3. The molecule has 2 aromatic rings. The molecule has 1 aliphatic rings. The van der Waals surface area contributed by atoms with Gasteiger partial charge in [-0.05, 0) is 49.5 Å². The number of rotatable bonds is 3. The molecule has 0 amide bonds. The minimum absolute atomic E-state index is 0.153. The highest BCUT2D eigenvalue weighted by molar-refractivity contribution is 7.99. The van der Waals surface area contributed by atoms with Crippen LogP contribution in [-0.4, -0.2) is 25.5 Å². The van der Waals surface area contributed by atoms with E-state index in [1.165, 1.54) is 23.9 Å². The molecule has 0 radical (unpaired) electrons. The van der Waals surface area contributed by atoms with Crippen molar-refractivity contribution in [1.82, 2.24) is 4.90 Å². The number of fused-ring (bicyclic) bond motifs is 2. The molecule has 3 rings (SSSR count). The van der Waals surface area contributed by atoms with Gasteiger partial charge in [0.25, 0.3) is 0 Å². The molecule has 0 aromatic heterocycles. The maximum Gasteiger partial charge on any atom is 0.416 e. The van der Waals surface area contributed by atoms with Gasteiger partial charge in [-0.15, -0.1) is 0 Å². The van der Waals surface area contributed by atoms with Crippen LogP contribution in [-0.2, 0) is 6.18 Å². The van der Waals surface area contributed by atoms with Gasteiger partial charge in [-0.25, -0.2) is 0 Å². The summed E-state index contributed by atoms with van der Waals surface area (Å²) in [7, 11) is 3.93. The Morgan fingerprint density at radius 2 is 1.75 bits per heavy atom.